The summed E-state index contributed by atoms with van der Waals surface area (Å²) in [6.07, 6.45) is 0.370. The minimum Gasteiger partial charge on any atom is -0.346 e. The van der Waals surface area contributed by atoms with Crippen molar-refractivity contribution >= 4 is 5.91 Å². The fraction of sp³-hybridized carbons (Fsp3) is 0.308. The molecule has 0 fully saturated rings. The maximum atomic E-state index is 13.2. The van der Waals surface area contributed by atoms with Crippen LogP contribution in [0.1, 0.15) is 32.1 Å². The minimum atomic E-state index is -0.957. The number of amides is 1. The summed E-state index contributed by atoms with van der Waals surface area (Å²) in [5, 5.41) is 9.33. The van der Waals surface area contributed by atoms with Crippen LogP contribution in [0.4, 0.5) is 8.78 Å². The van der Waals surface area contributed by atoms with Crippen LogP contribution in [0.15, 0.2) is 18.2 Å². The molecule has 5 nitrogen and oxygen atoms in total. The molecule has 2 N–H and O–H groups in total. The first kappa shape index (κ1) is 14.1. The van der Waals surface area contributed by atoms with Crippen LogP contribution in [0.25, 0.3) is 11.4 Å². The standard InChI is InChI=1S/C13H14F2N4O/c1-3-11(20)16-7(2)12-17-13(19-18-12)8-4-5-9(14)10(15)6-8/h4-7H,3H2,1-2H3,(H,16,20)(H,17,18,19). The molecule has 0 saturated heterocycles. The molecule has 1 amide bonds. The van der Waals surface area contributed by atoms with Crippen LogP contribution in [0.3, 0.4) is 0 Å². The van der Waals surface area contributed by atoms with Gasteiger partial charge in [-0.25, -0.2) is 13.8 Å². The number of nitrogens with zero attached hydrogens (tertiary/aromatic N) is 2. The van der Waals surface area contributed by atoms with Gasteiger partial charge in [0.15, 0.2) is 17.5 Å². The molecule has 0 saturated carbocycles. The molecule has 7 heteroatoms. The van der Waals surface area contributed by atoms with E-state index in [0.717, 1.165) is 12.1 Å². The van der Waals surface area contributed by atoms with E-state index in [4.69, 9.17) is 0 Å². The average molecular weight is 280 g/mol. The monoisotopic (exact) mass is 280 g/mol. The van der Waals surface area contributed by atoms with Crippen molar-refractivity contribution in [3.63, 3.8) is 0 Å². The Morgan fingerprint density at radius 3 is 2.80 bits per heavy atom. The van der Waals surface area contributed by atoms with Crippen LogP contribution < -0.4 is 5.32 Å². The Morgan fingerprint density at radius 1 is 1.40 bits per heavy atom. The van der Waals surface area contributed by atoms with Gasteiger partial charge in [0.25, 0.3) is 0 Å². The number of halogens is 2. The number of hydrogen-bond acceptors (Lipinski definition) is 3. The third-order valence-corrected chi connectivity index (χ3v) is 2.79. The second-order valence-corrected chi connectivity index (χ2v) is 4.32. The van der Waals surface area contributed by atoms with Gasteiger partial charge >= 0.3 is 0 Å². The summed E-state index contributed by atoms with van der Waals surface area (Å²) in [4.78, 5) is 15.5. The highest BCUT2D eigenvalue weighted by Gasteiger charge is 2.14. The van der Waals surface area contributed by atoms with Crippen molar-refractivity contribution in [1.82, 2.24) is 20.5 Å². The van der Waals surface area contributed by atoms with Gasteiger partial charge in [-0.15, -0.1) is 0 Å². The zero-order valence-electron chi connectivity index (χ0n) is 11.1. The number of carbonyl (C=O) groups excluding carboxylic acids is 1. The normalized spacial score (nSPS) is 12.2. The van der Waals surface area contributed by atoms with Crippen molar-refractivity contribution in [3.8, 4) is 11.4 Å². The summed E-state index contributed by atoms with van der Waals surface area (Å²) < 4.78 is 26.0. The number of benzene rings is 1. The zero-order chi connectivity index (χ0) is 14.7. The second kappa shape index (κ2) is 5.77. The number of carbonyl (C=O) groups is 1. The van der Waals surface area contributed by atoms with Gasteiger partial charge in [0.05, 0.1) is 6.04 Å². The molecule has 0 aliphatic rings. The molecule has 20 heavy (non-hydrogen) atoms. The molecule has 1 heterocycles. The molecule has 0 aliphatic carbocycles. The summed E-state index contributed by atoms with van der Waals surface area (Å²) >= 11 is 0. The fourth-order valence-corrected chi connectivity index (χ4v) is 1.64. The fourth-order valence-electron chi connectivity index (χ4n) is 1.64. The van der Waals surface area contributed by atoms with E-state index < -0.39 is 11.6 Å². The number of aromatic amines is 1. The Balaban J connectivity index is 2.19. The summed E-state index contributed by atoms with van der Waals surface area (Å²) in [5.41, 5.74) is 0.361. The lowest BCUT2D eigenvalue weighted by molar-refractivity contribution is -0.121. The van der Waals surface area contributed by atoms with E-state index >= 15 is 0 Å². The Bertz CT molecular complexity index is 627. The van der Waals surface area contributed by atoms with Crippen molar-refractivity contribution < 1.29 is 13.6 Å². The number of rotatable bonds is 4. The van der Waals surface area contributed by atoms with Gasteiger partial charge in [-0.1, -0.05) is 6.92 Å². The molecular weight excluding hydrogens is 266 g/mol. The SMILES string of the molecule is CCC(=O)NC(C)c1nc(-c2ccc(F)c(F)c2)n[nH]1. The van der Waals surface area contributed by atoms with E-state index in [2.05, 4.69) is 20.5 Å². The first-order chi connectivity index (χ1) is 9.51. The van der Waals surface area contributed by atoms with Crippen LogP contribution in [0.2, 0.25) is 0 Å². The van der Waals surface area contributed by atoms with E-state index in [-0.39, 0.29) is 17.8 Å². The van der Waals surface area contributed by atoms with Crippen molar-refractivity contribution in [2.24, 2.45) is 0 Å². The molecule has 1 unspecified atom stereocenters. The van der Waals surface area contributed by atoms with Gasteiger partial charge < -0.3 is 5.32 Å². The van der Waals surface area contributed by atoms with Gasteiger partial charge in [0.2, 0.25) is 5.91 Å². The molecule has 1 atom stereocenters. The Kier molecular flexibility index (Phi) is 4.07. The lowest BCUT2D eigenvalue weighted by Crippen LogP contribution is -2.26. The Morgan fingerprint density at radius 2 is 2.15 bits per heavy atom. The van der Waals surface area contributed by atoms with Crippen molar-refractivity contribution in [3.05, 3.63) is 35.7 Å². The maximum Gasteiger partial charge on any atom is 0.220 e. The molecule has 2 aromatic rings. The number of nitrogens with one attached hydrogen (secondary N) is 2. The van der Waals surface area contributed by atoms with E-state index in [0.29, 0.717) is 17.8 Å². The van der Waals surface area contributed by atoms with Gasteiger partial charge in [-0.2, -0.15) is 5.10 Å². The molecule has 0 radical (unpaired) electrons. The second-order valence-electron chi connectivity index (χ2n) is 4.32. The largest absolute Gasteiger partial charge is 0.346 e. The van der Waals surface area contributed by atoms with E-state index in [1.54, 1.807) is 13.8 Å². The zero-order valence-corrected chi connectivity index (χ0v) is 11.1. The lowest BCUT2D eigenvalue weighted by Gasteiger charge is -2.09. The van der Waals surface area contributed by atoms with Gasteiger partial charge in [0, 0.05) is 12.0 Å². The third kappa shape index (κ3) is 2.98. The van der Waals surface area contributed by atoms with Gasteiger partial charge in [-0.3, -0.25) is 9.89 Å². The van der Waals surface area contributed by atoms with E-state index in [1.807, 2.05) is 0 Å². The van der Waals surface area contributed by atoms with Gasteiger partial charge in [0.1, 0.15) is 5.82 Å². The molecule has 1 aromatic carbocycles. The predicted octanol–water partition coefficient (Wildman–Crippen LogP) is 2.34. The molecule has 106 valence electrons. The highest BCUT2D eigenvalue weighted by molar-refractivity contribution is 5.75. The summed E-state index contributed by atoms with van der Waals surface area (Å²) in [6.45, 7) is 3.50. The van der Waals surface area contributed by atoms with Crippen molar-refractivity contribution in [1.29, 1.82) is 0 Å². The maximum absolute atomic E-state index is 13.2. The predicted molar refractivity (Wildman–Crippen MR) is 68.6 cm³/mol. The van der Waals surface area contributed by atoms with Crippen LogP contribution in [0.5, 0.6) is 0 Å². The summed E-state index contributed by atoms with van der Waals surface area (Å²) in [7, 11) is 0. The smallest absolute Gasteiger partial charge is 0.220 e. The highest BCUT2D eigenvalue weighted by atomic mass is 19.2. The average Bonchev–Trinajstić information content (AvgIpc) is 2.91. The van der Waals surface area contributed by atoms with Gasteiger partial charge in [-0.05, 0) is 25.1 Å². The van der Waals surface area contributed by atoms with Crippen LogP contribution in [-0.4, -0.2) is 21.1 Å². The van der Waals surface area contributed by atoms with Crippen LogP contribution >= 0.6 is 0 Å². The molecule has 0 bridgehead atoms. The quantitative estimate of drug-likeness (QED) is 0.903. The Hall–Kier alpha value is -2.31. The number of hydrogen-bond donors (Lipinski definition) is 2. The number of H-pyrrole nitrogens is 1. The lowest BCUT2D eigenvalue weighted by atomic mass is 10.2. The summed E-state index contributed by atoms with van der Waals surface area (Å²) in [6, 6.07) is 3.09. The molecule has 2 rings (SSSR count). The summed E-state index contributed by atoms with van der Waals surface area (Å²) in [5.74, 6) is -1.29. The van der Waals surface area contributed by atoms with E-state index in [9.17, 15) is 13.6 Å². The number of aromatic nitrogens is 3. The van der Waals surface area contributed by atoms with E-state index in [1.165, 1.54) is 6.07 Å². The van der Waals surface area contributed by atoms with Crippen LogP contribution in [0, 0.1) is 11.6 Å². The molecule has 0 spiro atoms. The Labute approximate surface area is 114 Å². The molecule has 0 aliphatic heterocycles. The first-order valence-corrected chi connectivity index (χ1v) is 6.18. The van der Waals surface area contributed by atoms with Crippen molar-refractivity contribution in [2.45, 2.75) is 26.3 Å². The van der Waals surface area contributed by atoms with Crippen LogP contribution in [-0.2, 0) is 4.79 Å². The topological polar surface area (TPSA) is 70.7 Å². The minimum absolute atomic E-state index is 0.108. The van der Waals surface area contributed by atoms with Crippen molar-refractivity contribution in [2.75, 3.05) is 0 Å². The molecule has 1 aromatic heterocycles. The molecular formula is C13H14F2N4O. The first-order valence-electron chi connectivity index (χ1n) is 6.18. The third-order valence-electron chi connectivity index (χ3n) is 2.79. The highest BCUT2D eigenvalue weighted by Crippen LogP contribution is 2.19.